The summed E-state index contributed by atoms with van der Waals surface area (Å²) in [5, 5.41) is 6.26. The van der Waals surface area contributed by atoms with E-state index in [2.05, 4.69) is 240 Å². The fourth-order valence-corrected chi connectivity index (χ4v) is 9.92. The van der Waals surface area contributed by atoms with Crippen molar-refractivity contribution in [1.82, 2.24) is 0 Å². The number of fused-ring (bicyclic) bond motifs is 1. The van der Waals surface area contributed by atoms with Crippen LogP contribution >= 0.6 is 0 Å². The average molecular weight is 805 g/mol. The Morgan fingerprint density at radius 2 is 0.770 bits per heavy atom. The van der Waals surface area contributed by atoms with Gasteiger partial charge in [0.15, 0.2) is 0 Å². The molecule has 1 N–H and O–H groups in total. The van der Waals surface area contributed by atoms with Crippen molar-refractivity contribution in [2.45, 2.75) is 115 Å². The standard InChI is InChI=1S/C58H66N3/c1-36-30-39(4)54(40(5)31-36)59-52-29-28-51(49-18-16-17-19-50(49)52)53(45-20-24-47(25-21-45)60(57(10,11)12)55-41(6)32-37(2)33-42(55)7)46-22-26-48(27-23-46)61(58(13,14)15)56-43(8)34-38(3)35-44(56)9/h16-35,59H,1-15H3/q+1. The maximum absolute atomic E-state index is 3.86. The lowest BCUT2D eigenvalue weighted by atomic mass is 9.82. The van der Waals surface area contributed by atoms with Crippen LogP contribution in [0.2, 0.25) is 0 Å². The van der Waals surface area contributed by atoms with E-state index in [0.717, 1.165) is 5.69 Å². The molecule has 0 radical (unpaired) electrons. The van der Waals surface area contributed by atoms with Crippen molar-refractivity contribution < 1.29 is 0 Å². The van der Waals surface area contributed by atoms with E-state index in [4.69, 9.17) is 0 Å². The molecular weight excluding hydrogens is 739 g/mol. The van der Waals surface area contributed by atoms with E-state index in [9.17, 15) is 0 Å². The first kappa shape index (κ1) is 43.2. The molecule has 312 valence electrons. The van der Waals surface area contributed by atoms with Crippen LogP contribution in [0.4, 0.5) is 34.1 Å². The molecule has 0 saturated carbocycles. The molecule has 0 aliphatic carbocycles. The number of hydrogen-bond acceptors (Lipinski definition) is 3. The highest BCUT2D eigenvalue weighted by molar-refractivity contribution is 6.00. The lowest BCUT2D eigenvalue weighted by Crippen LogP contribution is -2.38. The van der Waals surface area contributed by atoms with Crippen LogP contribution in [0.1, 0.15) is 108 Å². The third-order valence-electron chi connectivity index (χ3n) is 12.0. The van der Waals surface area contributed by atoms with Crippen molar-refractivity contribution in [2.24, 2.45) is 0 Å². The summed E-state index contributed by atoms with van der Waals surface area (Å²) in [6.07, 6.45) is 0. The van der Waals surface area contributed by atoms with Crippen LogP contribution < -0.4 is 15.1 Å². The second-order valence-electron chi connectivity index (χ2n) is 19.6. The summed E-state index contributed by atoms with van der Waals surface area (Å²) in [4.78, 5) is 5.02. The Morgan fingerprint density at radius 3 is 1.15 bits per heavy atom. The van der Waals surface area contributed by atoms with Crippen molar-refractivity contribution in [3.8, 4) is 0 Å². The van der Waals surface area contributed by atoms with E-state index in [-0.39, 0.29) is 11.1 Å². The third kappa shape index (κ3) is 8.67. The summed E-state index contributed by atoms with van der Waals surface area (Å²) in [6, 6.07) is 45.8. The van der Waals surface area contributed by atoms with Crippen molar-refractivity contribution in [3.63, 3.8) is 0 Å². The van der Waals surface area contributed by atoms with E-state index in [1.165, 1.54) is 112 Å². The van der Waals surface area contributed by atoms with Crippen molar-refractivity contribution in [2.75, 3.05) is 15.1 Å². The molecule has 0 heterocycles. The van der Waals surface area contributed by atoms with Crippen molar-refractivity contribution >= 4 is 44.9 Å². The highest BCUT2D eigenvalue weighted by Gasteiger charge is 2.31. The Bertz CT molecular complexity index is 2530. The van der Waals surface area contributed by atoms with Gasteiger partial charge in [-0.2, -0.15) is 0 Å². The van der Waals surface area contributed by atoms with E-state index >= 15 is 0 Å². The minimum Gasteiger partial charge on any atom is -0.354 e. The Morgan fingerprint density at radius 1 is 0.410 bits per heavy atom. The predicted molar refractivity (Wildman–Crippen MR) is 266 cm³/mol. The molecule has 7 aromatic rings. The van der Waals surface area contributed by atoms with Crippen LogP contribution in [0.15, 0.2) is 121 Å². The SMILES string of the molecule is Cc1cc(C)c(Nc2ccc([C+](c3ccc(N(c4c(C)cc(C)cc4C)C(C)(C)C)cc3)c3ccc(N(c4c(C)cc(C)cc4C)C(C)(C)C)cc3)c3ccccc23)c(C)c1. The first-order chi connectivity index (χ1) is 28.7. The highest BCUT2D eigenvalue weighted by Crippen LogP contribution is 2.44. The van der Waals surface area contributed by atoms with Gasteiger partial charge in [0.2, 0.25) is 0 Å². The normalized spacial score (nSPS) is 11.9. The quantitative estimate of drug-likeness (QED) is 0.116. The number of nitrogens with one attached hydrogen (secondary N) is 1. The van der Waals surface area contributed by atoms with Gasteiger partial charge in [-0.1, -0.05) is 65.2 Å². The van der Waals surface area contributed by atoms with Crippen LogP contribution in [0.3, 0.4) is 0 Å². The fraction of sp³-hybridized carbons (Fsp3) is 0.293. The Labute approximate surface area is 367 Å². The first-order valence-corrected chi connectivity index (χ1v) is 21.9. The van der Waals surface area contributed by atoms with Gasteiger partial charge in [0.25, 0.3) is 0 Å². The van der Waals surface area contributed by atoms with Gasteiger partial charge < -0.3 is 15.1 Å². The molecular formula is C58H66N3+. The van der Waals surface area contributed by atoms with Crippen LogP contribution in [-0.4, -0.2) is 11.1 Å². The molecule has 0 aliphatic rings. The predicted octanol–water partition coefficient (Wildman–Crippen LogP) is 16.3. The molecule has 0 fully saturated rings. The lowest BCUT2D eigenvalue weighted by Gasteiger charge is -2.40. The zero-order valence-electron chi connectivity index (χ0n) is 39.4. The van der Waals surface area contributed by atoms with E-state index < -0.39 is 0 Å². The number of aryl methyl sites for hydroxylation is 9. The molecule has 61 heavy (non-hydrogen) atoms. The molecule has 0 spiro atoms. The van der Waals surface area contributed by atoms with Gasteiger partial charge in [-0.05, 0) is 210 Å². The zero-order chi connectivity index (χ0) is 44.1. The van der Waals surface area contributed by atoms with E-state index in [1.807, 2.05) is 0 Å². The average Bonchev–Trinajstić information content (AvgIpc) is 3.16. The van der Waals surface area contributed by atoms with E-state index in [1.54, 1.807) is 0 Å². The highest BCUT2D eigenvalue weighted by atomic mass is 15.2. The molecule has 0 unspecified atom stereocenters. The topological polar surface area (TPSA) is 18.5 Å². The van der Waals surface area contributed by atoms with Crippen LogP contribution in [0, 0.1) is 68.2 Å². The summed E-state index contributed by atoms with van der Waals surface area (Å²) in [5.41, 5.74) is 22.0. The summed E-state index contributed by atoms with van der Waals surface area (Å²) >= 11 is 0. The van der Waals surface area contributed by atoms with Crippen LogP contribution in [0.25, 0.3) is 10.8 Å². The number of benzene rings is 7. The largest absolute Gasteiger partial charge is 0.354 e. The molecule has 0 atom stereocenters. The Hall–Kier alpha value is -5.93. The maximum Gasteiger partial charge on any atom is 0.0638 e. The lowest BCUT2D eigenvalue weighted by molar-refractivity contribution is 0.558. The molecule has 0 aromatic heterocycles. The second kappa shape index (κ2) is 16.5. The molecule has 0 saturated heterocycles. The molecule has 7 rings (SSSR count). The maximum atomic E-state index is 3.86. The summed E-state index contributed by atoms with van der Waals surface area (Å²) < 4.78 is 0. The van der Waals surface area contributed by atoms with E-state index in [0.29, 0.717) is 0 Å². The second-order valence-corrected chi connectivity index (χ2v) is 19.6. The van der Waals surface area contributed by atoms with Gasteiger partial charge in [-0.25, -0.2) is 0 Å². The van der Waals surface area contributed by atoms with Crippen LogP contribution in [-0.2, 0) is 0 Å². The Balaban J connectivity index is 1.40. The van der Waals surface area contributed by atoms with Gasteiger partial charge in [0.05, 0.1) is 39.7 Å². The number of rotatable bonds is 9. The molecule has 3 heteroatoms. The van der Waals surface area contributed by atoms with Crippen LogP contribution in [0.5, 0.6) is 0 Å². The van der Waals surface area contributed by atoms with Crippen molar-refractivity contribution in [1.29, 1.82) is 0 Å². The smallest absolute Gasteiger partial charge is 0.0638 e. The number of anilines is 6. The number of hydrogen-bond donors (Lipinski definition) is 1. The van der Waals surface area contributed by atoms with Gasteiger partial charge in [-0.3, -0.25) is 0 Å². The molecule has 0 amide bonds. The molecule has 0 aliphatic heterocycles. The molecule has 7 aromatic carbocycles. The van der Waals surface area contributed by atoms with Gasteiger partial charge >= 0.3 is 0 Å². The zero-order valence-corrected chi connectivity index (χ0v) is 39.4. The monoisotopic (exact) mass is 805 g/mol. The first-order valence-electron chi connectivity index (χ1n) is 21.9. The summed E-state index contributed by atoms with van der Waals surface area (Å²) in [5.74, 6) is 1.21. The van der Waals surface area contributed by atoms with Gasteiger partial charge in [0, 0.05) is 38.9 Å². The van der Waals surface area contributed by atoms with Crippen molar-refractivity contribution in [3.05, 3.63) is 194 Å². The summed E-state index contributed by atoms with van der Waals surface area (Å²) in [7, 11) is 0. The third-order valence-corrected chi connectivity index (χ3v) is 12.0. The Kier molecular flexibility index (Phi) is 11.7. The minimum atomic E-state index is -0.144. The number of nitrogens with zero attached hydrogens (tertiary/aromatic N) is 2. The van der Waals surface area contributed by atoms with Gasteiger partial charge in [-0.15, -0.1) is 0 Å². The summed E-state index contributed by atoms with van der Waals surface area (Å²) in [6.45, 7) is 33.7. The molecule has 3 nitrogen and oxygen atoms in total. The van der Waals surface area contributed by atoms with Gasteiger partial charge in [0.1, 0.15) is 0 Å². The molecule has 0 bridgehead atoms. The fourth-order valence-electron chi connectivity index (χ4n) is 9.92. The minimum absolute atomic E-state index is 0.144.